The van der Waals surface area contributed by atoms with Crippen LogP contribution in [-0.2, 0) is 33.6 Å². The van der Waals surface area contributed by atoms with Gasteiger partial charge in [0.15, 0.2) is 0 Å². The third-order valence-electron chi connectivity index (χ3n) is 4.56. The monoisotopic (exact) mass is 378 g/mol. The van der Waals surface area contributed by atoms with Gasteiger partial charge in [-0.1, -0.05) is 12.1 Å². The first-order valence-corrected chi connectivity index (χ1v) is 10.0. The first kappa shape index (κ1) is 17.3. The van der Waals surface area contributed by atoms with Gasteiger partial charge in [-0.2, -0.15) is 4.31 Å². The molecule has 0 saturated carbocycles. The molecule has 0 atom stereocenters. The molecule has 0 radical (unpaired) electrons. The van der Waals surface area contributed by atoms with Crippen LogP contribution in [0, 0.1) is 5.82 Å². The molecule has 0 N–H and O–H groups in total. The van der Waals surface area contributed by atoms with Gasteiger partial charge in [-0.3, -0.25) is 0 Å². The highest BCUT2D eigenvalue weighted by molar-refractivity contribution is 7.88. The molecule has 4 rings (SSSR count). The number of benzene rings is 1. The Balaban J connectivity index is 1.49. The third-order valence-corrected chi connectivity index (χ3v) is 6.31. The normalized spacial score (nSPS) is 18.1. The molecule has 0 aliphatic carbocycles. The van der Waals surface area contributed by atoms with Crippen molar-refractivity contribution in [2.75, 3.05) is 31.2 Å². The van der Waals surface area contributed by atoms with E-state index in [1.807, 2.05) is 4.90 Å². The van der Waals surface area contributed by atoms with Crippen molar-refractivity contribution >= 4 is 16.0 Å². The lowest BCUT2D eigenvalue weighted by atomic mass is 10.2. The van der Waals surface area contributed by atoms with Crippen molar-refractivity contribution in [3.05, 3.63) is 53.1 Å². The summed E-state index contributed by atoms with van der Waals surface area (Å²) < 4.78 is 45.1. The fourth-order valence-corrected chi connectivity index (χ4v) is 4.56. The zero-order valence-corrected chi connectivity index (χ0v) is 15.0. The molecule has 1 saturated heterocycles. The van der Waals surface area contributed by atoms with Gasteiger partial charge in [-0.25, -0.2) is 22.8 Å². The molecule has 0 spiro atoms. The molecule has 3 heterocycles. The Morgan fingerprint density at radius 2 is 1.85 bits per heavy atom. The Bertz CT molecular complexity index is 899. The van der Waals surface area contributed by atoms with Crippen LogP contribution in [-0.4, -0.2) is 49.0 Å². The minimum atomic E-state index is -3.52. The summed E-state index contributed by atoms with van der Waals surface area (Å²) in [7, 11) is -3.52. The van der Waals surface area contributed by atoms with Crippen LogP contribution in [0.3, 0.4) is 0 Å². The highest BCUT2D eigenvalue weighted by Crippen LogP contribution is 2.26. The summed E-state index contributed by atoms with van der Waals surface area (Å²) in [6.07, 6.45) is 1.71. The van der Waals surface area contributed by atoms with Gasteiger partial charge in [-0.05, 0) is 17.7 Å². The second-order valence-corrected chi connectivity index (χ2v) is 8.36. The predicted molar refractivity (Wildman–Crippen MR) is 93.3 cm³/mol. The SMILES string of the molecule is O=S(=O)(Cc1ccc(F)cc1)N1Cc2cnc(N3CCOCC3)nc2C1. The Morgan fingerprint density at radius 3 is 2.58 bits per heavy atom. The lowest BCUT2D eigenvalue weighted by Crippen LogP contribution is -2.37. The highest BCUT2D eigenvalue weighted by atomic mass is 32.2. The molecule has 26 heavy (non-hydrogen) atoms. The first-order valence-electron chi connectivity index (χ1n) is 8.41. The van der Waals surface area contributed by atoms with Gasteiger partial charge >= 0.3 is 0 Å². The maximum atomic E-state index is 13.0. The number of hydrogen-bond acceptors (Lipinski definition) is 6. The number of fused-ring (bicyclic) bond motifs is 1. The smallest absolute Gasteiger partial charge is 0.225 e. The zero-order valence-electron chi connectivity index (χ0n) is 14.1. The third kappa shape index (κ3) is 3.55. The molecule has 7 nitrogen and oxygen atoms in total. The number of nitrogens with zero attached hydrogens (tertiary/aromatic N) is 4. The van der Waals surface area contributed by atoms with Crippen molar-refractivity contribution in [1.29, 1.82) is 0 Å². The lowest BCUT2D eigenvalue weighted by Gasteiger charge is -2.26. The van der Waals surface area contributed by atoms with Gasteiger partial charge in [0.05, 0.1) is 31.2 Å². The van der Waals surface area contributed by atoms with E-state index < -0.39 is 10.0 Å². The molecule has 1 aromatic carbocycles. The van der Waals surface area contributed by atoms with Crippen LogP contribution < -0.4 is 4.90 Å². The molecule has 1 fully saturated rings. The van der Waals surface area contributed by atoms with Crippen LogP contribution >= 0.6 is 0 Å². The minimum Gasteiger partial charge on any atom is -0.378 e. The molecule has 9 heteroatoms. The summed E-state index contributed by atoms with van der Waals surface area (Å²) in [5, 5.41) is 0. The molecule has 0 unspecified atom stereocenters. The van der Waals surface area contributed by atoms with Crippen LogP contribution in [0.1, 0.15) is 16.8 Å². The Labute approximate surface area is 151 Å². The summed E-state index contributed by atoms with van der Waals surface area (Å²) in [5.41, 5.74) is 2.12. The Kier molecular flexibility index (Phi) is 4.60. The molecule has 1 aromatic heterocycles. The first-order chi connectivity index (χ1) is 12.5. The average Bonchev–Trinajstić information content (AvgIpc) is 3.08. The van der Waals surface area contributed by atoms with Crippen LogP contribution in [0.5, 0.6) is 0 Å². The Morgan fingerprint density at radius 1 is 1.12 bits per heavy atom. The van der Waals surface area contributed by atoms with Crippen LogP contribution in [0.2, 0.25) is 0 Å². The van der Waals surface area contributed by atoms with Gasteiger partial charge in [0.1, 0.15) is 5.82 Å². The number of halogens is 1. The number of hydrogen-bond donors (Lipinski definition) is 0. The van der Waals surface area contributed by atoms with Crippen LogP contribution in [0.15, 0.2) is 30.5 Å². The summed E-state index contributed by atoms with van der Waals surface area (Å²) in [5.74, 6) is 0.0702. The van der Waals surface area contributed by atoms with Gasteiger partial charge < -0.3 is 9.64 Å². The molecule has 2 aliphatic heterocycles. The quantitative estimate of drug-likeness (QED) is 0.798. The highest BCUT2D eigenvalue weighted by Gasteiger charge is 2.31. The topological polar surface area (TPSA) is 75.6 Å². The van der Waals surface area contributed by atoms with Crippen molar-refractivity contribution in [3.63, 3.8) is 0 Å². The zero-order chi connectivity index (χ0) is 18.1. The maximum absolute atomic E-state index is 13.0. The lowest BCUT2D eigenvalue weighted by molar-refractivity contribution is 0.122. The number of aromatic nitrogens is 2. The van der Waals surface area contributed by atoms with E-state index in [1.165, 1.54) is 28.6 Å². The van der Waals surface area contributed by atoms with E-state index in [4.69, 9.17) is 4.74 Å². The molecule has 138 valence electrons. The van der Waals surface area contributed by atoms with Crippen molar-refractivity contribution < 1.29 is 17.5 Å². The van der Waals surface area contributed by atoms with Gasteiger partial charge in [-0.15, -0.1) is 0 Å². The van der Waals surface area contributed by atoms with Crippen LogP contribution in [0.25, 0.3) is 0 Å². The second kappa shape index (κ2) is 6.90. The van der Waals surface area contributed by atoms with Crippen LogP contribution in [0.4, 0.5) is 10.3 Å². The summed E-state index contributed by atoms with van der Waals surface area (Å²) >= 11 is 0. The predicted octanol–water partition coefficient (Wildman–Crippen LogP) is 1.30. The van der Waals surface area contributed by atoms with E-state index in [1.54, 1.807) is 6.20 Å². The van der Waals surface area contributed by atoms with Crippen molar-refractivity contribution in [2.24, 2.45) is 0 Å². The number of rotatable bonds is 4. The number of sulfonamides is 1. The molecule has 2 aliphatic rings. The second-order valence-electron chi connectivity index (χ2n) is 6.39. The van der Waals surface area contributed by atoms with E-state index in [9.17, 15) is 12.8 Å². The molecule has 2 aromatic rings. The van der Waals surface area contributed by atoms with Gasteiger partial charge in [0.2, 0.25) is 16.0 Å². The summed E-state index contributed by atoms with van der Waals surface area (Å²) in [6.45, 7) is 3.23. The minimum absolute atomic E-state index is 0.162. The van der Waals surface area contributed by atoms with E-state index >= 15 is 0 Å². The number of anilines is 1. The molecule has 0 bridgehead atoms. The standard InChI is InChI=1S/C17H19FN4O3S/c18-15-3-1-13(2-4-15)12-26(23,24)22-10-14-9-19-17(20-16(14)11-22)21-5-7-25-8-6-21/h1-4,9H,5-8,10-12H2. The van der Waals surface area contributed by atoms with Gasteiger partial charge in [0, 0.05) is 31.4 Å². The van der Waals surface area contributed by atoms with Crippen molar-refractivity contribution in [2.45, 2.75) is 18.8 Å². The van der Waals surface area contributed by atoms with Crippen molar-refractivity contribution in [1.82, 2.24) is 14.3 Å². The van der Waals surface area contributed by atoms with E-state index in [0.717, 1.165) is 24.3 Å². The Hall–Kier alpha value is -2.10. The largest absolute Gasteiger partial charge is 0.378 e. The number of morpholine rings is 1. The molecular weight excluding hydrogens is 359 g/mol. The summed E-state index contributed by atoms with van der Waals surface area (Å²) in [4.78, 5) is 11.0. The molecule has 0 amide bonds. The molecular formula is C17H19FN4O3S. The number of ether oxygens (including phenoxy) is 1. The van der Waals surface area contributed by atoms with E-state index in [2.05, 4.69) is 9.97 Å². The maximum Gasteiger partial charge on any atom is 0.225 e. The van der Waals surface area contributed by atoms with E-state index in [-0.39, 0.29) is 24.7 Å². The fraction of sp³-hybridized carbons (Fsp3) is 0.412. The van der Waals surface area contributed by atoms with Gasteiger partial charge in [0.25, 0.3) is 0 Å². The van der Waals surface area contributed by atoms with Crippen molar-refractivity contribution in [3.8, 4) is 0 Å². The summed E-state index contributed by atoms with van der Waals surface area (Å²) in [6, 6.07) is 5.52. The van der Waals surface area contributed by atoms with E-state index in [0.29, 0.717) is 24.7 Å². The average molecular weight is 378 g/mol. The fourth-order valence-electron chi connectivity index (χ4n) is 3.11.